The van der Waals surface area contributed by atoms with Crippen LogP contribution in [0.2, 0.25) is 0 Å². The van der Waals surface area contributed by atoms with E-state index in [2.05, 4.69) is 37.1 Å². The third kappa shape index (κ3) is 4.72. The van der Waals surface area contributed by atoms with Crippen molar-refractivity contribution in [1.82, 2.24) is 4.98 Å². The quantitative estimate of drug-likeness (QED) is 0.857. The number of pyridine rings is 1. The molecule has 1 atom stereocenters. The molecule has 0 fully saturated rings. The summed E-state index contributed by atoms with van der Waals surface area (Å²) in [5.74, 6) is 0.547. The topological polar surface area (TPSA) is 68.9 Å². The van der Waals surface area contributed by atoms with Gasteiger partial charge in [0, 0.05) is 12.2 Å². The number of aliphatic hydroxyl groups is 1. The van der Waals surface area contributed by atoms with E-state index in [0.717, 1.165) is 5.69 Å². The van der Waals surface area contributed by atoms with Gasteiger partial charge < -0.3 is 10.4 Å². The Bertz CT molecular complexity index is 443. The molecule has 0 aliphatic carbocycles. The fourth-order valence-electron chi connectivity index (χ4n) is 1.78. The molecule has 1 aromatic rings. The summed E-state index contributed by atoms with van der Waals surface area (Å²) in [5.41, 5.74) is 1.43. The van der Waals surface area contributed by atoms with Crippen molar-refractivity contribution in [3.05, 3.63) is 23.4 Å². The van der Waals surface area contributed by atoms with E-state index in [-0.39, 0.29) is 5.41 Å². The highest BCUT2D eigenvalue weighted by molar-refractivity contribution is 5.52. The Hall–Kier alpha value is -1.60. The lowest BCUT2D eigenvalue weighted by molar-refractivity contribution is 0.132. The minimum Gasteiger partial charge on any atom is -0.391 e. The number of hydrogen-bond acceptors (Lipinski definition) is 4. The van der Waals surface area contributed by atoms with Crippen LogP contribution in [-0.4, -0.2) is 22.7 Å². The third-order valence-corrected chi connectivity index (χ3v) is 2.51. The first-order valence-electron chi connectivity index (χ1n) is 6.11. The molecule has 98 valence electrons. The van der Waals surface area contributed by atoms with Crippen LogP contribution in [0.4, 0.5) is 5.82 Å². The lowest BCUT2D eigenvalue weighted by atomic mass is 9.89. The molecule has 0 spiro atoms. The van der Waals surface area contributed by atoms with Gasteiger partial charge in [0.05, 0.1) is 11.7 Å². The lowest BCUT2D eigenvalue weighted by Crippen LogP contribution is -2.25. The third-order valence-electron chi connectivity index (χ3n) is 2.51. The number of aliphatic hydroxyl groups excluding tert-OH is 1. The molecule has 18 heavy (non-hydrogen) atoms. The Morgan fingerprint density at radius 2 is 2.11 bits per heavy atom. The van der Waals surface area contributed by atoms with Gasteiger partial charge >= 0.3 is 0 Å². The molecule has 0 aliphatic rings. The molecule has 2 N–H and O–H groups in total. The molecule has 1 heterocycles. The van der Waals surface area contributed by atoms with Crippen LogP contribution >= 0.6 is 0 Å². The van der Waals surface area contributed by atoms with Crippen molar-refractivity contribution in [3.8, 4) is 6.07 Å². The molecule has 0 saturated carbocycles. The molecule has 0 aromatic carbocycles. The molecule has 1 rings (SSSR count). The van der Waals surface area contributed by atoms with Crippen LogP contribution in [0.3, 0.4) is 0 Å². The maximum Gasteiger partial charge on any atom is 0.144 e. The van der Waals surface area contributed by atoms with Crippen molar-refractivity contribution in [2.75, 3.05) is 11.9 Å². The maximum absolute atomic E-state index is 9.91. The number of nitrogens with zero attached hydrogens (tertiary/aromatic N) is 2. The number of rotatable bonds is 4. The van der Waals surface area contributed by atoms with Gasteiger partial charge in [-0.25, -0.2) is 4.98 Å². The first kappa shape index (κ1) is 14.5. The second-order valence-electron chi connectivity index (χ2n) is 5.76. The number of nitrogens with one attached hydrogen (secondary N) is 1. The van der Waals surface area contributed by atoms with Gasteiger partial charge in [-0.1, -0.05) is 20.8 Å². The van der Waals surface area contributed by atoms with Crippen LogP contribution in [0.15, 0.2) is 12.1 Å². The Kier molecular flexibility index (Phi) is 4.69. The number of aromatic nitrogens is 1. The Balaban J connectivity index is 2.64. The Labute approximate surface area is 109 Å². The Morgan fingerprint density at radius 1 is 1.44 bits per heavy atom. The summed E-state index contributed by atoms with van der Waals surface area (Å²) in [6.07, 6.45) is 0.257. The molecule has 0 radical (unpaired) electrons. The van der Waals surface area contributed by atoms with E-state index in [1.165, 1.54) is 0 Å². The number of anilines is 1. The van der Waals surface area contributed by atoms with Crippen molar-refractivity contribution in [2.24, 2.45) is 5.41 Å². The molecule has 0 bridgehead atoms. The van der Waals surface area contributed by atoms with E-state index >= 15 is 0 Å². The summed E-state index contributed by atoms with van der Waals surface area (Å²) in [6.45, 7) is 8.53. The fraction of sp³-hybridized carbons (Fsp3) is 0.571. The van der Waals surface area contributed by atoms with E-state index in [9.17, 15) is 5.11 Å². The van der Waals surface area contributed by atoms with Crippen molar-refractivity contribution < 1.29 is 5.11 Å². The van der Waals surface area contributed by atoms with Gasteiger partial charge in [0.1, 0.15) is 11.9 Å². The highest BCUT2D eigenvalue weighted by Crippen LogP contribution is 2.21. The minimum atomic E-state index is -0.446. The van der Waals surface area contributed by atoms with Gasteiger partial charge in [-0.2, -0.15) is 5.26 Å². The van der Waals surface area contributed by atoms with E-state index in [1.807, 2.05) is 6.92 Å². The van der Waals surface area contributed by atoms with Crippen LogP contribution in [0.1, 0.15) is 38.4 Å². The molecule has 1 unspecified atom stereocenters. The standard InChI is InChI=1S/C14H21N3O/c1-10-5-6-11(8-15)13(17-10)16-9-12(18)7-14(2,3)4/h5-6,12,18H,7,9H2,1-4H3,(H,16,17). The maximum atomic E-state index is 9.91. The molecule has 4 nitrogen and oxygen atoms in total. The molecular formula is C14H21N3O. The van der Waals surface area contributed by atoms with E-state index in [4.69, 9.17) is 5.26 Å². The normalized spacial score (nSPS) is 12.9. The molecule has 0 amide bonds. The van der Waals surface area contributed by atoms with Gasteiger partial charge in [-0.15, -0.1) is 0 Å². The Morgan fingerprint density at radius 3 is 2.67 bits per heavy atom. The smallest absolute Gasteiger partial charge is 0.144 e. The van der Waals surface area contributed by atoms with Crippen molar-refractivity contribution in [2.45, 2.75) is 40.2 Å². The SMILES string of the molecule is Cc1ccc(C#N)c(NCC(O)CC(C)(C)C)n1. The second-order valence-corrected chi connectivity index (χ2v) is 5.76. The van der Waals surface area contributed by atoms with E-state index < -0.39 is 6.10 Å². The number of nitriles is 1. The first-order chi connectivity index (χ1) is 8.31. The van der Waals surface area contributed by atoms with Crippen LogP contribution in [0.5, 0.6) is 0 Å². The number of aryl methyl sites for hydroxylation is 1. The average molecular weight is 247 g/mol. The zero-order valence-electron chi connectivity index (χ0n) is 11.5. The summed E-state index contributed by atoms with van der Waals surface area (Å²) < 4.78 is 0. The lowest BCUT2D eigenvalue weighted by Gasteiger charge is -2.22. The predicted octanol–water partition coefficient (Wildman–Crippen LogP) is 2.47. The zero-order chi connectivity index (χ0) is 13.8. The molecule has 0 aliphatic heterocycles. The van der Waals surface area contributed by atoms with Crippen LogP contribution in [-0.2, 0) is 0 Å². The fourth-order valence-corrected chi connectivity index (χ4v) is 1.78. The number of hydrogen-bond donors (Lipinski definition) is 2. The van der Waals surface area contributed by atoms with Crippen LogP contribution < -0.4 is 5.32 Å². The molecule has 1 aromatic heterocycles. The van der Waals surface area contributed by atoms with Crippen molar-refractivity contribution in [3.63, 3.8) is 0 Å². The van der Waals surface area contributed by atoms with Gasteiger partial charge in [-0.05, 0) is 30.9 Å². The summed E-state index contributed by atoms with van der Waals surface area (Å²) in [6, 6.07) is 5.63. The van der Waals surface area contributed by atoms with Crippen LogP contribution in [0, 0.1) is 23.7 Å². The average Bonchev–Trinajstić information content (AvgIpc) is 2.24. The van der Waals surface area contributed by atoms with E-state index in [1.54, 1.807) is 12.1 Å². The summed E-state index contributed by atoms with van der Waals surface area (Å²) in [7, 11) is 0. The monoisotopic (exact) mass is 247 g/mol. The summed E-state index contributed by atoms with van der Waals surface area (Å²) in [4.78, 5) is 4.27. The van der Waals surface area contributed by atoms with Crippen molar-refractivity contribution >= 4 is 5.82 Å². The first-order valence-corrected chi connectivity index (χ1v) is 6.11. The summed E-state index contributed by atoms with van der Waals surface area (Å²) in [5, 5.41) is 21.9. The highest BCUT2D eigenvalue weighted by atomic mass is 16.3. The molecular weight excluding hydrogens is 226 g/mol. The van der Waals surface area contributed by atoms with Crippen LogP contribution in [0.25, 0.3) is 0 Å². The summed E-state index contributed by atoms with van der Waals surface area (Å²) >= 11 is 0. The largest absolute Gasteiger partial charge is 0.391 e. The molecule has 0 saturated heterocycles. The van der Waals surface area contributed by atoms with Crippen molar-refractivity contribution in [1.29, 1.82) is 5.26 Å². The second kappa shape index (κ2) is 5.83. The van der Waals surface area contributed by atoms with E-state index in [0.29, 0.717) is 24.3 Å². The van der Waals surface area contributed by atoms with Gasteiger partial charge in [0.25, 0.3) is 0 Å². The minimum absolute atomic E-state index is 0.0825. The van der Waals surface area contributed by atoms with Gasteiger partial charge in [0.2, 0.25) is 0 Å². The van der Waals surface area contributed by atoms with Gasteiger partial charge in [0.15, 0.2) is 0 Å². The zero-order valence-corrected chi connectivity index (χ0v) is 11.5. The molecule has 4 heteroatoms. The predicted molar refractivity (Wildman–Crippen MR) is 72.3 cm³/mol. The van der Waals surface area contributed by atoms with Gasteiger partial charge in [-0.3, -0.25) is 0 Å². The highest BCUT2D eigenvalue weighted by Gasteiger charge is 2.17.